The third-order valence-corrected chi connectivity index (χ3v) is 3.28. The molecule has 0 aliphatic carbocycles. The molecular weight excluding hydrogens is 284 g/mol. The number of anilines is 1. The van der Waals surface area contributed by atoms with E-state index in [0.717, 1.165) is 6.42 Å². The predicted molar refractivity (Wildman–Crippen MR) is 86.8 cm³/mol. The molecule has 1 unspecified atom stereocenters. The Balaban J connectivity index is 2.70. The average molecular weight is 308 g/mol. The Morgan fingerprint density at radius 1 is 1.41 bits per heavy atom. The van der Waals surface area contributed by atoms with Gasteiger partial charge in [0.05, 0.1) is 11.5 Å². The Labute approximate surface area is 130 Å². The molecule has 0 fully saturated rings. The van der Waals surface area contributed by atoms with Gasteiger partial charge in [-0.05, 0) is 18.4 Å². The van der Waals surface area contributed by atoms with Gasteiger partial charge in [-0.2, -0.15) is 0 Å². The molecule has 1 aromatic carbocycles. The number of hydrogen-bond acceptors (Lipinski definition) is 5. The molecule has 0 spiro atoms. The fourth-order valence-corrected chi connectivity index (χ4v) is 2.30. The lowest BCUT2D eigenvalue weighted by Crippen LogP contribution is -2.45. The molecule has 1 rings (SSSR count). The van der Waals surface area contributed by atoms with Crippen molar-refractivity contribution in [2.75, 3.05) is 25.0 Å². The minimum Gasteiger partial charge on any atom is -0.360 e. The van der Waals surface area contributed by atoms with Crippen molar-refractivity contribution in [1.82, 2.24) is 5.32 Å². The van der Waals surface area contributed by atoms with Crippen LogP contribution in [0.25, 0.3) is 0 Å². The Kier molecular flexibility index (Phi) is 6.78. The van der Waals surface area contributed by atoms with Gasteiger partial charge in [0.2, 0.25) is 5.91 Å². The van der Waals surface area contributed by atoms with E-state index in [4.69, 9.17) is 5.73 Å². The second-order valence-corrected chi connectivity index (χ2v) is 5.73. The Morgan fingerprint density at radius 3 is 2.59 bits per heavy atom. The van der Waals surface area contributed by atoms with Crippen LogP contribution in [0.2, 0.25) is 0 Å². The predicted octanol–water partition coefficient (Wildman–Crippen LogP) is 1.52. The maximum absolute atomic E-state index is 12.1. The summed E-state index contributed by atoms with van der Waals surface area (Å²) in [7, 11) is 1.65. The largest absolute Gasteiger partial charge is 0.360 e. The van der Waals surface area contributed by atoms with Crippen LogP contribution in [0.15, 0.2) is 24.3 Å². The molecule has 0 radical (unpaired) electrons. The summed E-state index contributed by atoms with van der Waals surface area (Å²) in [5.74, 6) is 0.235. The first-order valence-corrected chi connectivity index (χ1v) is 7.29. The smallest absolute Gasteiger partial charge is 0.292 e. The molecule has 1 atom stereocenters. The van der Waals surface area contributed by atoms with E-state index in [9.17, 15) is 14.9 Å². The summed E-state index contributed by atoms with van der Waals surface area (Å²) in [6, 6.07) is 6.28. The lowest BCUT2D eigenvalue weighted by atomic mass is 10.0. The summed E-state index contributed by atoms with van der Waals surface area (Å²) in [5, 5.41) is 13.9. The van der Waals surface area contributed by atoms with Gasteiger partial charge in [0.1, 0.15) is 5.69 Å². The molecule has 7 nitrogen and oxygen atoms in total. The number of hydrogen-bond donors (Lipinski definition) is 2. The number of nitrogens with zero attached hydrogens (tertiary/aromatic N) is 2. The van der Waals surface area contributed by atoms with Gasteiger partial charge in [-0.3, -0.25) is 14.9 Å². The zero-order valence-electron chi connectivity index (χ0n) is 13.3. The van der Waals surface area contributed by atoms with Gasteiger partial charge in [0, 0.05) is 25.7 Å². The molecule has 0 heterocycles. The molecule has 1 amide bonds. The molecule has 0 saturated carbocycles. The summed E-state index contributed by atoms with van der Waals surface area (Å²) in [6.45, 7) is 4.54. The van der Waals surface area contributed by atoms with Gasteiger partial charge in [0.25, 0.3) is 5.69 Å². The summed E-state index contributed by atoms with van der Waals surface area (Å²) < 4.78 is 0. The van der Waals surface area contributed by atoms with Crippen LogP contribution in [0.5, 0.6) is 0 Å². The number of nitro benzene ring substituents is 1. The van der Waals surface area contributed by atoms with E-state index in [0.29, 0.717) is 18.2 Å². The average Bonchev–Trinajstić information content (AvgIpc) is 2.45. The number of amides is 1. The molecule has 122 valence electrons. The molecule has 1 aromatic rings. The first kappa shape index (κ1) is 17.9. The second kappa shape index (κ2) is 8.33. The van der Waals surface area contributed by atoms with Crippen molar-refractivity contribution in [3.05, 3.63) is 34.4 Å². The fourth-order valence-electron chi connectivity index (χ4n) is 2.30. The number of benzene rings is 1. The van der Waals surface area contributed by atoms with Crippen LogP contribution in [0.3, 0.4) is 0 Å². The quantitative estimate of drug-likeness (QED) is 0.560. The maximum atomic E-state index is 12.1. The number of likely N-dealkylation sites (N-methyl/N-ethyl adjacent to an activating group) is 1. The van der Waals surface area contributed by atoms with Gasteiger partial charge in [-0.25, -0.2) is 0 Å². The van der Waals surface area contributed by atoms with Crippen LogP contribution in [0.4, 0.5) is 11.4 Å². The Morgan fingerprint density at radius 2 is 2.05 bits per heavy atom. The van der Waals surface area contributed by atoms with E-state index in [1.165, 1.54) is 6.07 Å². The standard InChI is InChI=1S/C15H24N4O3/c1-11(2)8-12(9-16)17-15(20)10-18(3)13-6-4-5-7-14(13)19(21)22/h4-7,11-12H,8-10,16H2,1-3H3,(H,17,20). The number of rotatable bonds is 8. The highest BCUT2D eigenvalue weighted by molar-refractivity contribution is 5.82. The Bertz CT molecular complexity index is 519. The fraction of sp³-hybridized carbons (Fsp3) is 0.533. The first-order valence-electron chi connectivity index (χ1n) is 7.29. The summed E-state index contributed by atoms with van der Waals surface area (Å²) >= 11 is 0. The lowest BCUT2D eigenvalue weighted by molar-refractivity contribution is -0.384. The molecule has 22 heavy (non-hydrogen) atoms. The van der Waals surface area contributed by atoms with E-state index < -0.39 is 4.92 Å². The van der Waals surface area contributed by atoms with E-state index in [1.807, 2.05) is 0 Å². The number of nitrogens with two attached hydrogens (primary N) is 1. The van der Waals surface area contributed by atoms with Crippen molar-refractivity contribution in [2.45, 2.75) is 26.3 Å². The highest BCUT2D eigenvalue weighted by atomic mass is 16.6. The lowest BCUT2D eigenvalue weighted by Gasteiger charge is -2.22. The van der Waals surface area contributed by atoms with Crippen LogP contribution in [0, 0.1) is 16.0 Å². The van der Waals surface area contributed by atoms with Gasteiger partial charge in [0.15, 0.2) is 0 Å². The zero-order chi connectivity index (χ0) is 16.7. The number of carbonyl (C=O) groups is 1. The summed E-state index contributed by atoms with van der Waals surface area (Å²) in [4.78, 5) is 24.2. The first-order chi connectivity index (χ1) is 10.3. The molecule has 0 bridgehead atoms. The normalized spacial score (nSPS) is 12.0. The molecule has 3 N–H and O–H groups in total. The molecular formula is C15H24N4O3. The van der Waals surface area contributed by atoms with Crippen molar-refractivity contribution in [1.29, 1.82) is 0 Å². The SMILES string of the molecule is CC(C)CC(CN)NC(=O)CN(C)c1ccccc1[N+](=O)[O-]. The van der Waals surface area contributed by atoms with Crippen LogP contribution in [0.1, 0.15) is 20.3 Å². The zero-order valence-corrected chi connectivity index (χ0v) is 13.3. The van der Waals surface area contributed by atoms with Crippen LogP contribution in [-0.2, 0) is 4.79 Å². The van der Waals surface area contributed by atoms with Crippen LogP contribution >= 0.6 is 0 Å². The van der Waals surface area contributed by atoms with Crippen molar-refractivity contribution in [3.8, 4) is 0 Å². The molecule has 0 saturated heterocycles. The van der Waals surface area contributed by atoms with Gasteiger partial charge < -0.3 is 16.0 Å². The monoisotopic (exact) mass is 308 g/mol. The number of nitro groups is 1. The van der Waals surface area contributed by atoms with E-state index >= 15 is 0 Å². The number of nitrogens with one attached hydrogen (secondary N) is 1. The van der Waals surface area contributed by atoms with E-state index in [-0.39, 0.29) is 24.2 Å². The highest BCUT2D eigenvalue weighted by Crippen LogP contribution is 2.26. The number of carbonyl (C=O) groups excluding carboxylic acids is 1. The molecule has 7 heteroatoms. The highest BCUT2D eigenvalue weighted by Gasteiger charge is 2.19. The molecule has 0 aromatic heterocycles. The third kappa shape index (κ3) is 5.33. The van der Waals surface area contributed by atoms with Gasteiger partial charge in [-0.15, -0.1) is 0 Å². The molecule has 0 aliphatic heterocycles. The summed E-state index contributed by atoms with van der Waals surface area (Å²) in [6.07, 6.45) is 0.803. The maximum Gasteiger partial charge on any atom is 0.292 e. The van der Waals surface area contributed by atoms with Gasteiger partial charge in [-0.1, -0.05) is 26.0 Å². The van der Waals surface area contributed by atoms with E-state index in [2.05, 4.69) is 19.2 Å². The van der Waals surface area contributed by atoms with Crippen molar-refractivity contribution < 1.29 is 9.72 Å². The summed E-state index contributed by atoms with van der Waals surface area (Å²) in [5.41, 5.74) is 6.05. The van der Waals surface area contributed by atoms with E-state index in [1.54, 1.807) is 30.1 Å². The van der Waals surface area contributed by atoms with Crippen LogP contribution in [-0.4, -0.2) is 37.0 Å². The Hall–Kier alpha value is -2.15. The third-order valence-electron chi connectivity index (χ3n) is 3.28. The minimum atomic E-state index is -0.453. The molecule has 0 aliphatic rings. The number of para-hydroxylation sites is 2. The minimum absolute atomic E-state index is 0.0182. The van der Waals surface area contributed by atoms with Crippen LogP contribution < -0.4 is 16.0 Å². The van der Waals surface area contributed by atoms with Crippen molar-refractivity contribution in [2.24, 2.45) is 11.7 Å². The topological polar surface area (TPSA) is 102 Å². The van der Waals surface area contributed by atoms with Crippen molar-refractivity contribution in [3.63, 3.8) is 0 Å². The second-order valence-electron chi connectivity index (χ2n) is 5.73. The van der Waals surface area contributed by atoms with Gasteiger partial charge >= 0.3 is 0 Å². The van der Waals surface area contributed by atoms with Crippen molar-refractivity contribution >= 4 is 17.3 Å².